The van der Waals surface area contributed by atoms with Gasteiger partial charge in [0.15, 0.2) is 5.76 Å². The summed E-state index contributed by atoms with van der Waals surface area (Å²) in [5.41, 5.74) is 4.85. The molecule has 22 heavy (non-hydrogen) atoms. The number of benzene rings is 2. The molecule has 0 bridgehead atoms. The van der Waals surface area contributed by atoms with Crippen LogP contribution < -0.4 is 5.43 Å². The molecule has 3 nitrogen and oxygen atoms in total. The third kappa shape index (κ3) is 3.07. The SMILES string of the molecule is CC(=NNc1c(Cl)cc(Cl)cc1Cl)c1cc2ccccc2o1. The van der Waals surface area contributed by atoms with E-state index in [1.54, 1.807) is 12.1 Å². The second-order valence-electron chi connectivity index (χ2n) is 4.70. The molecule has 112 valence electrons. The number of fused-ring (bicyclic) bond motifs is 1. The Morgan fingerprint density at radius 2 is 1.73 bits per heavy atom. The number of para-hydroxylation sites is 1. The molecule has 0 radical (unpaired) electrons. The minimum atomic E-state index is 0.402. The number of halogens is 3. The van der Waals surface area contributed by atoms with Crippen molar-refractivity contribution in [2.75, 3.05) is 5.43 Å². The first-order valence-corrected chi connectivity index (χ1v) is 7.62. The summed E-state index contributed by atoms with van der Waals surface area (Å²) < 4.78 is 5.74. The molecule has 1 N–H and O–H groups in total. The third-order valence-corrected chi connectivity index (χ3v) is 3.94. The van der Waals surface area contributed by atoms with Gasteiger partial charge in [0.1, 0.15) is 11.3 Å². The molecule has 0 unspecified atom stereocenters. The van der Waals surface area contributed by atoms with Gasteiger partial charge in [0, 0.05) is 10.4 Å². The molecule has 2 aromatic carbocycles. The molecule has 1 aromatic heterocycles. The normalized spacial score (nSPS) is 11.9. The Hall–Kier alpha value is -1.68. The van der Waals surface area contributed by atoms with Crippen LogP contribution in [-0.2, 0) is 0 Å². The number of nitrogens with zero attached hydrogens (tertiary/aromatic N) is 1. The van der Waals surface area contributed by atoms with Gasteiger partial charge in [0.2, 0.25) is 0 Å². The van der Waals surface area contributed by atoms with Gasteiger partial charge in [-0.25, -0.2) is 0 Å². The quantitative estimate of drug-likeness (QED) is 0.447. The lowest BCUT2D eigenvalue weighted by molar-refractivity contribution is 0.604. The van der Waals surface area contributed by atoms with Crippen LogP contribution >= 0.6 is 34.8 Å². The third-order valence-electron chi connectivity index (χ3n) is 3.12. The highest BCUT2D eigenvalue weighted by Crippen LogP contribution is 2.33. The predicted molar refractivity (Wildman–Crippen MR) is 93.5 cm³/mol. The van der Waals surface area contributed by atoms with Gasteiger partial charge in [0.25, 0.3) is 0 Å². The Morgan fingerprint density at radius 3 is 2.41 bits per heavy atom. The second kappa shape index (κ2) is 6.21. The molecular formula is C16H11Cl3N2O. The summed E-state index contributed by atoms with van der Waals surface area (Å²) in [7, 11) is 0. The summed E-state index contributed by atoms with van der Waals surface area (Å²) in [5, 5.41) is 6.57. The fourth-order valence-corrected chi connectivity index (χ4v) is 2.91. The van der Waals surface area contributed by atoms with Gasteiger partial charge in [-0.3, -0.25) is 5.43 Å². The van der Waals surface area contributed by atoms with Crippen LogP contribution in [0.15, 0.2) is 52.0 Å². The van der Waals surface area contributed by atoms with Gasteiger partial charge in [-0.1, -0.05) is 53.0 Å². The summed E-state index contributed by atoms with van der Waals surface area (Å²) in [4.78, 5) is 0. The first-order chi connectivity index (χ1) is 10.5. The fraction of sp³-hybridized carbons (Fsp3) is 0.0625. The molecule has 1 heterocycles. The van der Waals surface area contributed by atoms with Gasteiger partial charge >= 0.3 is 0 Å². The Kier molecular flexibility index (Phi) is 4.30. The molecule has 6 heteroatoms. The minimum absolute atomic E-state index is 0.402. The number of anilines is 1. The van der Waals surface area contributed by atoms with Crippen LogP contribution in [0.1, 0.15) is 12.7 Å². The van der Waals surface area contributed by atoms with Crippen LogP contribution in [0.3, 0.4) is 0 Å². The topological polar surface area (TPSA) is 37.5 Å². The Morgan fingerprint density at radius 1 is 1.05 bits per heavy atom. The highest BCUT2D eigenvalue weighted by molar-refractivity contribution is 6.41. The summed E-state index contributed by atoms with van der Waals surface area (Å²) >= 11 is 18.1. The molecule has 0 saturated carbocycles. The van der Waals surface area contributed by atoms with Crippen LogP contribution in [0.2, 0.25) is 15.1 Å². The predicted octanol–water partition coefficient (Wildman–Crippen LogP) is 6.23. The summed E-state index contributed by atoms with van der Waals surface area (Å²) in [6.45, 7) is 1.84. The van der Waals surface area contributed by atoms with E-state index in [0.717, 1.165) is 11.0 Å². The maximum Gasteiger partial charge on any atom is 0.151 e. The molecule has 0 saturated heterocycles. The maximum absolute atomic E-state index is 6.10. The summed E-state index contributed by atoms with van der Waals surface area (Å²) in [6.07, 6.45) is 0. The van der Waals surface area contributed by atoms with E-state index < -0.39 is 0 Å². The number of hydrogen-bond donors (Lipinski definition) is 1. The summed E-state index contributed by atoms with van der Waals surface area (Å²) in [5.74, 6) is 0.676. The number of hydrogen-bond acceptors (Lipinski definition) is 3. The van der Waals surface area contributed by atoms with Crippen molar-refractivity contribution >= 4 is 57.2 Å². The molecule has 3 rings (SSSR count). The smallest absolute Gasteiger partial charge is 0.151 e. The number of rotatable bonds is 3. The first-order valence-electron chi connectivity index (χ1n) is 6.48. The van der Waals surface area contributed by atoms with E-state index in [0.29, 0.717) is 32.2 Å². The Bertz CT molecular complexity index is 815. The molecule has 0 atom stereocenters. The molecule has 0 amide bonds. The molecule has 0 aliphatic rings. The average Bonchev–Trinajstić information content (AvgIpc) is 2.89. The van der Waals surface area contributed by atoms with Gasteiger partial charge in [0.05, 0.1) is 15.7 Å². The maximum atomic E-state index is 6.10. The van der Waals surface area contributed by atoms with Crippen molar-refractivity contribution in [3.05, 3.63) is 63.3 Å². The van der Waals surface area contributed by atoms with Crippen LogP contribution in [0, 0.1) is 0 Å². The molecule has 0 aliphatic carbocycles. The van der Waals surface area contributed by atoms with Gasteiger partial charge in [-0.05, 0) is 31.2 Å². The van der Waals surface area contributed by atoms with E-state index in [4.69, 9.17) is 39.2 Å². The minimum Gasteiger partial charge on any atom is -0.455 e. The molecule has 0 fully saturated rings. The first kappa shape index (κ1) is 15.2. The monoisotopic (exact) mass is 352 g/mol. The zero-order chi connectivity index (χ0) is 15.7. The number of furan rings is 1. The lowest BCUT2D eigenvalue weighted by Gasteiger charge is -2.07. The zero-order valence-corrected chi connectivity index (χ0v) is 13.8. The van der Waals surface area contributed by atoms with Gasteiger partial charge in [-0.15, -0.1) is 0 Å². The molecule has 0 spiro atoms. The van der Waals surface area contributed by atoms with Gasteiger partial charge < -0.3 is 4.42 Å². The van der Waals surface area contributed by atoms with Crippen molar-refractivity contribution in [3.8, 4) is 0 Å². The summed E-state index contributed by atoms with van der Waals surface area (Å²) in [6, 6.07) is 12.9. The van der Waals surface area contributed by atoms with E-state index >= 15 is 0 Å². The van der Waals surface area contributed by atoms with Crippen molar-refractivity contribution in [1.29, 1.82) is 0 Å². The lowest BCUT2D eigenvalue weighted by atomic mass is 10.2. The van der Waals surface area contributed by atoms with Crippen molar-refractivity contribution in [1.82, 2.24) is 0 Å². The molecular weight excluding hydrogens is 343 g/mol. The molecule has 0 aliphatic heterocycles. The van der Waals surface area contributed by atoms with Gasteiger partial charge in [-0.2, -0.15) is 5.10 Å². The van der Waals surface area contributed by atoms with E-state index in [9.17, 15) is 0 Å². The van der Waals surface area contributed by atoms with Crippen molar-refractivity contribution in [3.63, 3.8) is 0 Å². The lowest BCUT2D eigenvalue weighted by Crippen LogP contribution is -1.99. The number of hydrazone groups is 1. The van der Waals surface area contributed by atoms with Crippen molar-refractivity contribution in [2.45, 2.75) is 6.92 Å². The standard InChI is InChI=1S/C16H11Cl3N2O/c1-9(15-6-10-4-2-3-5-14(10)22-15)20-21-16-12(18)7-11(17)8-13(16)19/h2-8,21H,1H3. The largest absolute Gasteiger partial charge is 0.455 e. The zero-order valence-electron chi connectivity index (χ0n) is 11.5. The van der Waals surface area contributed by atoms with Crippen LogP contribution in [-0.4, -0.2) is 5.71 Å². The second-order valence-corrected chi connectivity index (χ2v) is 5.95. The van der Waals surface area contributed by atoms with E-state index in [-0.39, 0.29) is 0 Å². The van der Waals surface area contributed by atoms with Crippen molar-refractivity contribution < 1.29 is 4.42 Å². The highest BCUT2D eigenvalue weighted by Gasteiger charge is 2.09. The Labute approximate surface area is 142 Å². The van der Waals surface area contributed by atoms with Crippen LogP contribution in [0.4, 0.5) is 5.69 Å². The Balaban J connectivity index is 1.89. The van der Waals surface area contributed by atoms with Crippen LogP contribution in [0.25, 0.3) is 11.0 Å². The molecule has 3 aromatic rings. The number of nitrogens with one attached hydrogen (secondary N) is 1. The fourth-order valence-electron chi connectivity index (χ4n) is 2.00. The van der Waals surface area contributed by atoms with E-state index in [1.807, 2.05) is 37.3 Å². The van der Waals surface area contributed by atoms with E-state index in [1.165, 1.54) is 0 Å². The van der Waals surface area contributed by atoms with E-state index in [2.05, 4.69) is 10.5 Å². The highest BCUT2D eigenvalue weighted by atomic mass is 35.5. The average molecular weight is 354 g/mol. The van der Waals surface area contributed by atoms with Crippen LogP contribution in [0.5, 0.6) is 0 Å². The van der Waals surface area contributed by atoms with Crippen molar-refractivity contribution in [2.24, 2.45) is 5.10 Å².